The number of benzene rings is 1. The highest BCUT2D eigenvalue weighted by atomic mass is 15.3. The normalized spacial score (nSPS) is 12.7. The molecule has 0 amide bonds. The van der Waals surface area contributed by atoms with Gasteiger partial charge in [0.05, 0.1) is 5.69 Å². The van der Waals surface area contributed by atoms with Gasteiger partial charge in [-0.2, -0.15) is 5.10 Å². The lowest BCUT2D eigenvalue weighted by molar-refractivity contribution is 0.574. The third-order valence-corrected chi connectivity index (χ3v) is 3.83. The molecule has 1 N–H and O–H groups in total. The average Bonchev–Trinajstić information content (AvgIpc) is 2.80. The smallest absolute Gasteiger partial charge is 0.157 e. The molecule has 3 aromatic rings. The van der Waals surface area contributed by atoms with Crippen molar-refractivity contribution in [2.24, 2.45) is 7.05 Å². The lowest BCUT2D eigenvalue weighted by atomic mass is 10.1. The van der Waals surface area contributed by atoms with Gasteiger partial charge in [0, 0.05) is 31.2 Å². The summed E-state index contributed by atoms with van der Waals surface area (Å²) in [6.07, 6.45) is 1.92. The first-order chi connectivity index (χ1) is 10.1. The highest BCUT2D eigenvalue weighted by Crippen LogP contribution is 2.17. The van der Waals surface area contributed by atoms with E-state index in [0.717, 1.165) is 23.3 Å². The maximum atomic E-state index is 4.51. The molecule has 21 heavy (non-hydrogen) atoms. The van der Waals surface area contributed by atoms with Crippen molar-refractivity contribution in [3.63, 3.8) is 0 Å². The number of hydrogen-bond donors (Lipinski definition) is 1. The monoisotopic (exact) mass is 280 g/mol. The quantitative estimate of drug-likeness (QED) is 0.798. The van der Waals surface area contributed by atoms with Crippen LogP contribution in [0, 0.1) is 6.92 Å². The van der Waals surface area contributed by atoms with Crippen LogP contribution in [0.15, 0.2) is 42.6 Å². The first-order valence-corrected chi connectivity index (χ1v) is 7.21. The molecule has 0 aliphatic rings. The summed E-state index contributed by atoms with van der Waals surface area (Å²) in [5.41, 5.74) is 4.44. The second-order valence-electron chi connectivity index (χ2n) is 5.44. The maximum absolute atomic E-state index is 4.51. The summed E-state index contributed by atoms with van der Waals surface area (Å²) in [5, 5.41) is 9.08. The van der Waals surface area contributed by atoms with E-state index in [1.807, 2.05) is 30.9 Å². The summed E-state index contributed by atoms with van der Waals surface area (Å²) in [7, 11) is 1.93. The molecule has 3 rings (SSSR count). The molecule has 2 aromatic heterocycles. The Morgan fingerprint density at radius 1 is 1.24 bits per heavy atom. The van der Waals surface area contributed by atoms with Crippen LogP contribution in [0.4, 0.5) is 0 Å². The Morgan fingerprint density at radius 2 is 2.00 bits per heavy atom. The predicted molar refractivity (Wildman–Crippen MR) is 84.9 cm³/mol. The molecule has 4 nitrogen and oxygen atoms in total. The Labute approximate surface area is 124 Å². The average molecular weight is 280 g/mol. The lowest BCUT2D eigenvalue weighted by Gasteiger charge is -2.14. The summed E-state index contributed by atoms with van der Waals surface area (Å²) in [6.45, 7) is 5.00. The summed E-state index contributed by atoms with van der Waals surface area (Å²) in [5.74, 6) is 0. The molecule has 4 heteroatoms. The van der Waals surface area contributed by atoms with Crippen LogP contribution in [0.3, 0.4) is 0 Å². The van der Waals surface area contributed by atoms with Gasteiger partial charge >= 0.3 is 0 Å². The van der Waals surface area contributed by atoms with Gasteiger partial charge in [-0.1, -0.05) is 30.3 Å². The van der Waals surface area contributed by atoms with Gasteiger partial charge in [-0.05, 0) is 31.0 Å². The SMILES string of the molecule is Cc1nn(C)c2ncc(CN[C@@H](C)c3ccccc3)cc12. The van der Waals surface area contributed by atoms with Gasteiger partial charge in [0.1, 0.15) is 0 Å². The Kier molecular flexibility index (Phi) is 3.71. The molecule has 108 valence electrons. The third-order valence-electron chi connectivity index (χ3n) is 3.83. The van der Waals surface area contributed by atoms with Crippen molar-refractivity contribution in [2.75, 3.05) is 0 Å². The zero-order valence-electron chi connectivity index (χ0n) is 12.7. The zero-order valence-corrected chi connectivity index (χ0v) is 12.7. The highest BCUT2D eigenvalue weighted by molar-refractivity contribution is 5.78. The van der Waals surface area contributed by atoms with E-state index in [9.17, 15) is 0 Å². The van der Waals surface area contributed by atoms with Crippen molar-refractivity contribution < 1.29 is 0 Å². The topological polar surface area (TPSA) is 42.7 Å². The fraction of sp³-hybridized carbons (Fsp3) is 0.294. The minimum absolute atomic E-state index is 0.317. The first kappa shape index (κ1) is 13.8. The van der Waals surface area contributed by atoms with Crippen LogP contribution >= 0.6 is 0 Å². The Morgan fingerprint density at radius 3 is 2.76 bits per heavy atom. The van der Waals surface area contributed by atoms with Gasteiger partial charge in [-0.15, -0.1) is 0 Å². The fourth-order valence-electron chi connectivity index (χ4n) is 2.58. The number of hydrogen-bond acceptors (Lipinski definition) is 3. The van der Waals surface area contributed by atoms with Crippen LogP contribution in [0.5, 0.6) is 0 Å². The van der Waals surface area contributed by atoms with Crippen LogP contribution in [-0.2, 0) is 13.6 Å². The van der Waals surface area contributed by atoms with Crippen molar-refractivity contribution in [3.05, 3.63) is 59.4 Å². The molecule has 0 radical (unpaired) electrons. The largest absolute Gasteiger partial charge is 0.306 e. The summed E-state index contributed by atoms with van der Waals surface area (Å²) >= 11 is 0. The van der Waals surface area contributed by atoms with Crippen LogP contribution in [-0.4, -0.2) is 14.8 Å². The predicted octanol–water partition coefficient (Wildman–Crippen LogP) is 3.13. The van der Waals surface area contributed by atoms with Crippen molar-refractivity contribution in [3.8, 4) is 0 Å². The molecule has 2 heterocycles. The van der Waals surface area contributed by atoms with E-state index in [4.69, 9.17) is 0 Å². The molecule has 0 saturated heterocycles. The van der Waals surface area contributed by atoms with E-state index in [0.29, 0.717) is 6.04 Å². The summed E-state index contributed by atoms with van der Waals surface area (Å²) in [4.78, 5) is 4.51. The molecule has 0 aliphatic heterocycles. The van der Waals surface area contributed by atoms with Gasteiger partial charge < -0.3 is 5.32 Å². The van der Waals surface area contributed by atoms with Crippen LogP contribution < -0.4 is 5.32 Å². The first-order valence-electron chi connectivity index (χ1n) is 7.21. The van der Waals surface area contributed by atoms with Crippen LogP contribution in [0.1, 0.15) is 29.8 Å². The third kappa shape index (κ3) is 2.81. The molecule has 1 atom stereocenters. The molecule has 0 saturated carbocycles. The standard InChI is InChI=1S/C17H20N4/c1-12(15-7-5-4-6-8-15)18-10-14-9-16-13(2)20-21(3)17(16)19-11-14/h4-9,11-12,18H,10H2,1-3H3/t12-/m0/s1. The number of fused-ring (bicyclic) bond motifs is 1. The fourth-order valence-corrected chi connectivity index (χ4v) is 2.58. The van der Waals surface area contributed by atoms with Crippen LogP contribution in [0.2, 0.25) is 0 Å². The van der Waals surface area contributed by atoms with Crippen molar-refractivity contribution in [1.29, 1.82) is 0 Å². The number of nitrogens with one attached hydrogen (secondary N) is 1. The van der Waals surface area contributed by atoms with Gasteiger partial charge in [-0.3, -0.25) is 4.68 Å². The lowest BCUT2D eigenvalue weighted by Crippen LogP contribution is -2.18. The van der Waals surface area contributed by atoms with Gasteiger partial charge in [0.2, 0.25) is 0 Å². The van der Waals surface area contributed by atoms with Crippen LogP contribution in [0.25, 0.3) is 11.0 Å². The minimum Gasteiger partial charge on any atom is -0.306 e. The molecule has 0 unspecified atom stereocenters. The molecule has 0 aliphatic carbocycles. The molecule has 0 spiro atoms. The number of nitrogens with zero attached hydrogens (tertiary/aromatic N) is 3. The second-order valence-corrected chi connectivity index (χ2v) is 5.44. The number of aromatic nitrogens is 3. The Bertz CT molecular complexity index is 746. The maximum Gasteiger partial charge on any atom is 0.157 e. The zero-order chi connectivity index (χ0) is 14.8. The molecular formula is C17H20N4. The van der Waals surface area contributed by atoms with Crippen molar-refractivity contribution in [2.45, 2.75) is 26.4 Å². The van der Waals surface area contributed by atoms with E-state index in [1.165, 1.54) is 11.1 Å². The van der Waals surface area contributed by atoms with E-state index in [2.05, 4.69) is 52.7 Å². The molecule has 0 fully saturated rings. The number of rotatable bonds is 4. The Hall–Kier alpha value is -2.20. The molecule has 1 aromatic carbocycles. The molecular weight excluding hydrogens is 260 g/mol. The minimum atomic E-state index is 0.317. The highest BCUT2D eigenvalue weighted by Gasteiger charge is 2.08. The van der Waals surface area contributed by atoms with Gasteiger partial charge in [0.15, 0.2) is 5.65 Å². The van der Waals surface area contributed by atoms with Gasteiger partial charge in [0.25, 0.3) is 0 Å². The van der Waals surface area contributed by atoms with E-state index < -0.39 is 0 Å². The summed E-state index contributed by atoms with van der Waals surface area (Å²) in [6, 6.07) is 13.0. The van der Waals surface area contributed by atoms with E-state index in [-0.39, 0.29) is 0 Å². The number of aryl methyl sites for hydroxylation is 2. The van der Waals surface area contributed by atoms with Crippen molar-refractivity contribution >= 4 is 11.0 Å². The second kappa shape index (κ2) is 5.66. The van der Waals surface area contributed by atoms with Crippen molar-refractivity contribution in [1.82, 2.24) is 20.1 Å². The summed E-state index contributed by atoms with van der Waals surface area (Å²) < 4.78 is 1.83. The van der Waals surface area contributed by atoms with E-state index in [1.54, 1.807) is 0 Å². The number of pyridine rings is 1. The van der Waals surface area contributed by atoms with Gasteiger partial charge in [-0.25, -0.2) is 4.98 Å². The Balaban J connectivity index is 1.75. The van der Waals surface area contributed by atoms with E-state index >= 15 is 0 Å². The molecule has 0 bridgehead atoms.